The van der Waals surface area contributed by atoms with Gasteiger partial charge in [0, 0.05) is 11.9 Å². The van der Waals surface area contributed by atoms with Gasteiger partial charge in [0.15, 0.2) is 0 Å². The molecule has 0 aromatic heterocycles. The normalized spacial score (nSPS) is 11.6. The van der Waals surface area contributed by atoms with Crippen molar-refractivity contribution in [2.24, 2.45) is 5.41 Å². The van der Waals surface area contributed by atoms with Gasteiger partial charge in [0.2, 0.25) is 0 Å². The van der Waals surface area contributed by atoms with Gasteiger partial charge in [-0.25, -0.2) is 9.18 Å². The Morgan fingerprint density at radius 2 is 2.06 bits per heavy atom. The van der Waals surface area contributed by atoms with Crippen LogP contribution in [0, 0.1) is 11.2 Å². The van der Waals surface area contributed by atoms with Crippen LogP contribution in [0.1, 0.15) is 20.8 Å². The summed E-state index contributed by atoms with van der Waals surface area (Å²) in [6, 6.07) is 3.58. The van der Waals surface area contributed by atoms with Gasteiger partial charge < -0.3 is 10.6 Å². The molecular weight excluding hydrogens is 255 g/mol. The maximum absolute atomic E-state index is 12.9. The third kappa shape index (κ3) is 5.19. The van der Waals surface area contributed by atoms with E-state index in [0.717, 1.165) is 0 Å². The van der Waals surface area contributed by atoms with Crippen molar-refractivity contribution < 1.29 is 9.18 Å². The van der Waals surface area contributed by atoms with E-state index in [1.165, 1.54) is 18.2 Å². The van der Waals surface area contributed by atoms with Crippen molar-refractivity contribution in [2.75, 3.05) is 5.32 Å². The zero-order valence-corrected chi connectivity index (χ0v) is 11.3. The number of allylic oxidation sites excluding steroid dienone is 1. The monoisotopic (exact) mass is 270 g/mol. The number of hydrogen-bond donors (Lipinski definition) is 2. The van der Waals surface area contributed by atoms with E-state index in [0.29, 0.717) is 5.69 Å². The molecule has 2 N–H and O–H groups in total. The Morgan fingerprint density at radius 3 is 2.61 bits per heavy atom. The zero-order chi connectivity index (χ0) is 13.8. The highest BCUT2D eigenvalue weighted by molar-refractivity contribution is 6.31. The van der Waals surface area contributed by atoms with Crippen LogP contribution >= 0.6 is 11.6 Å². The standard InChI is InChI=1S/C13H16ClFN2O/c1-13(2,3)6-7-16-12(18)17-9-4-5-11(15)10(14)8-9/h4-8H,1-3H3,(H2,16,17,18)/b7-6+. The minimum absolute atomic E-state index is 0.00748. The van der Waals surface area contributed by atoms with E-state index in [-0.39, 0.29) is 10.4 Å². The average molecular weight is 271 g/mol. The Bertz CT molecular complexity index is 467. The van der Waals surface area contributed by atoms with Gasteiger partial charge in [0.25, 0.3) is 0 Å². The second kappa shape index (κ2) is 5.87. The molecule has 0 bridgehead atoms. The minimum atomic E-state index is -0.518. The lowest BCUT2D eigenvalue weighted by molar-refractivity contribution is 0.255. The van der Waals surface area contributed by atoms with Gasteiger partial charge in [-0.1, -0.05) is 38.4 Å². The highest BCUT2D eigenvalue weighted by atomic mass is 35.5. The fourth-order valence-corrected chi connectivity index (χ4v) is 1.29. The number of carbonyl (C=O) groups excluding carboxylic acids is 1. The molecule has 5 heteroatoms. The van der Waals surface area contributed by atoms with Gasteiger partial charge >= 0.3 is 6.03 Å². The highest BCUT2D eigenvalue weighted by Crippen LogP contribution is 2.19. The van der Waals surface area contributed by atoms with Crippen LogP contribution in [0.2, 0.25) is 5.02 Å². The first-order valence-corrected chi connectivity index (χ1v) is 5.86. The van der Waals surface area contributed by atoms with Crippen LogP contribution in [-0.2, 0) is 0 Å². The summed E-state index contributed by atoms with van der Waals surface area (Å²) in [6.07, 6.45) is 3.44. The van der Waals surface area contributed by atoms with Crippen LogP contribution in [0.15, 0.2) is 30.5 Å². The summed E-state index contributed by atoms with van der Waals surface area (Å²) >= 11 is 5.60. The smallest absolute Gasteiger partial charge is 0.315 e. The number of nitrogens with one attached hydrogen (secondary N) is 2. The molecular formula is C13H16ClFN2O. The average Bonchev–Trinajstić information content (AvgIpc) is 2.21. The third-order valence-corrected chi connectivity index (χ3v) is 2.26. The van der Waals surface area contributed by atoms with Crippen molar-refractivity contribution in [1.82, 2.24) is 5.32 Å². The quantitative estimate of drug-likeness (QED) is 0.832. The lowest BCUT2D eigenvalue weighted by Crippen LogP contribution is -2.24. The van der Waals surface area contributed by atoms with Crippen LogP contribution in [0.4, 0.5) is 14.9 Å². The third-order valence-electron chi connectivity index (χ3n) is 1.98. The van der Waals surface area contributed by atoms with Crippen molar-refractivity contribution in [3.63, 3.8) is 0 Å². The van der Waals surface area contributed by atoms with Crippen LogP contribution in [0.25, 0.3) is 0 Å². The second-order valence-electron chi connectivity index (χ2n) is 4.93. The van der Waals surface area contributed by atoms with Crippen molar-refractivity contribution in [3.05, 3.63) is 41.3 Å². The molecule has 1 aromatic carbocycles. The van der Waals surface area contributed by atoms with Gasteiger partial charge in [-0.05, 0) is 23.6 Å². The summed E-state index contributed by atoms with van der Waals surface area (Å²) in [5.41, 5.74) is 0.426. The number of anilines is 1. The number of benzene rings is 1. The molecule has 18 heavy (non-hydrogen) atoms. The van der Waals surface area contributed by atoms with Crippen molar-refractivity contribution in [3.8, 4) is 0 Å². The number of halogens is 2. The maximum atomic E-state index is 12.9. The number of rotatable bonds is 2. The van der Waals surface area contributed by atoms with Crippen LogP contribution in [-0.4, -0.2) is 6.03 Å². The molecule has 0 aliphatic rings. The van der Waals surface area contributed by atoms with E-state index in [2.05, 4.69) is 10.6 Å². The number of urea groups is 1. The molecule has 0 fully saturated rings. The Labute approximate surface area is 111 Å². The molecule has 0 heterocycles. The van der Waals surface area contributed by atoms with Crippen LogP contribution in [0.3, 0.4) is 0 Å². The Kier molecular flexibility index (Phi) is 4.73. The Morgan fingerprint density at radius 1 is 1.39 bits per heavy atom. The molecule has 0 aliphatic carbocycles. The number of amides is 2. The predicted molar refractivity (Wildman–Crippen MR) is 72.2 cm³/mol. The molecule has 0 spiro atoms. The second-order valence-corrected chi connectivity index (χ2v) is 5.33. The predicted octanol–water partition coefficient (Wildman–Crippen LogP) is 4.16. The zero-order valence-electron chi connectivity index (χ0n) is 10.6. The van der Waals surface area contributed by atoms with E-state index < -0.39 is 11.8 Å². The maximum Gasteiger partial charge on any atom is 0.323 e. The molecule has 98 valence electrons. The lowest BCUT2D eigenvalue weighted by atomic mass is 9.97. The van der Waals surface area contributed by atoms with E-state index in [1.807, 2.05) is 26.8 Å². The number of carbonyl (C=O) groups is 1. The summed E-state index contributed by atoms with van der Waals surface area (Å²) in [5, 5.41) is 5.07. The van der Waals surface area contributed by atoms with Gasteiger partial charge in [0.1, 0.15) is 5.82 Å². The van der Waals surface area contributed by atoms with Gasteiger partial charge in [-0.15, -0.1) is 0 Å². The molecule has 2 amide bonds. The van der Waals surface area contributed by atoms with Gasteiger partial charge in [-0.2, -0.15) is 0 Å². The highest BCUT2D eigenvalue weighted by Gasteiger charge is 2.05. The van der Waals surface area contributed by atoms with E-state index in [4.69, 9.17) is 11.6 Å². The summed E-state index contributed by atoms with van der Waals surface area (Å²) in [4.78, 5) is 11.5. The van der Waals surface area contributed by atoms with Crippen molar-refractivity contribution >= 4 is 23.3 Å². The Balaban J connectivity index is 2.55. The summed E-state index contributed by atoms with van der Waals surface area (Å²) in [5.74, 6) is -0.518. The van der Waals surface area contributed by atoms with E-state index >= 15 is 0 Å². The number of hydrogen-bond acceptors (Lipinski definition) is 1. The molecule has 0 aliphatic heterocycles. The summed E-state index contributed by atoms with van der Waals surface area (Å²) in [6.45, 7) is 6.05. The molecule has 1 rings (SSSR count). The van der Waals surface area contributed by atoms with Crippen LogP contribution < -0.4 is 10.6 Å². The molecule has 0 saturated carbocycles. The fraction of sp³-hybridized carbons (Fsp3) is 0.308. The molecule has 3 nitrogen and oxygen atoms in total. The van der Waals surface area contributed by atoms with Gasteiger partial charge in [-0.3, -0.25) is 0 Å². The lowest BCUT2D eigenvalue weighted by Gasteiger charge is -2.11. The minimum Gasteiger partial charge on any atom is -0.315 e. The summed E-state index contributed by atoms with van der Waals surface area (Å²) in [7, 11) is 0. The first-order valence-electron chi connectivity index (χ1n) is 5.48. The first-order chi connectivity index (χ1) is 8.28. The Hall–Kier alpha value is -1.55. The van der Waals surface area contributed by atoms with Gasteiger partial charge in [0.05, 0.1) is 5.02 Å². The fourth-order valence-electron chi connectivity index (χ4n) is 1.11. The molecule has 0 atom stereocenters. The van der Waals surface area contributed by atoms with E-state index in [1.54, 1.807) is 6.20 Å². The summed E-state index contributed by atoms with van der Waals surface area (Å²) < 4.78 is 12.9. The van der Waals surface area contributed by atoms with Crippen molar-refractivity contribution in [2.45, 2.75) is 20.8 Å². The molecule has 0 saturated heterocycles. The topological polar surface area (TPSA) is 41.1 Å². The van der Waals surface area contributed by atoms with Crippen molar-refractivity contribution in [1.29, 1.82) is 0 Å². The SMILES string of the molecule is CC(C)(C)/C=C/NC(=O)Nc1ccc(F)c(Cl)c1. The van der Waals surface area contributed by atoms with Crippen LogP contribution in [0.5, 0.6) is 0 Å². The van der Waals surface area contributed by atoms with E-state index in [9.17, 15) is 9.18 Å². The largest absolute Gasteiger partial charge is 0.323 e. The molecule has 0 unspecified atom stereocenters. The molecule has 1 aromatic rings. The first kappa shape index (κ1) is 14.5. The molecule has 0 radical (unpaired) electrons.